The van der Waals surface area contributed by atoms with Gasteiger partial charge in [-0.2, -0.15) is 4.39 Å². The van der Waals surface area contributed by atoms with E-state index in [1.165, 1.54) is 4.90 Å². The molecule has 1 saturated heterocycles. The molecule has 0 saturated carbocycles. The molecule has 0 radical (unpaired) electrons. The Bertz CT molecular complexity index is 589. The molecule has 0 bridgehead atoms. The molecule has 1 amide bonds. The summed E-state index contributed by atoms with van der Waals surface area (Å²) >= 11 is 0. The zero-order valence-corrected chi connectivity index (χ0v) is 10.3. The maximum absolute atomic E-state index is 13.2. The zero-order valence-electron chi connectivity index (χ0n) is 10.3. The third-order valence-corrected chi connectivity index (χ3v) is 3.21. The first-order valence-corrected chi connectivity index (χ1v) is 5.86. The van der Waals surface area contributed by atoms with Gasteiger partial charge in [0.1, 0.15) is 0 Å². The van der Waals surface area contributed by atoms with E-state index in [-0.39, 0.29) is 18.7 Å². The highest BCUT2D eigenvalue weighted by Crippen LogP contribution is 2.22. The third-order valence-electron chi connectivity index (χ3n) is 3.21. The summed E-state index contributed by atoms with van der Waals surface area (Å²) in [6.45, 7) is 0.320. The van der Waals surface area contributed by atoms with E-state index in [1.807, 2.05) is 0 Å². The molecule has 1 unspecified atom stereocenters. The van der Waals surface area contributed by atoms with E-state index < -0.39 is 34.2 Å². The van der Waals surface area contributed by atoms with Crippen LogP contribution in [0.4, 0.5) is 10.1 Å². The molecule has 20 heavy (non-hydrogen) atoms. The lowest BCUT2D eigenvalue weighted by Gasteiger charge is -2.15. The number of carboxylic acid groups (broad SMARTS) is 1. The molecule has 1 aliphatic heterocycles. The first-order chi connectivity index (χ1) is 9.40. The van der Waals surface area contributed by atoms with E-state index in [0.717, 1.165) is 18.2 Å². The number of carbonyl (C=O) groups excluding carboxylic acids is 1. The Morgan fingerprint density at radius 3 is 2.70 bits per heavy atom. The molecule has 1 fully saturated rings. The monoisotopic (exact) mass is 282 g/mol. The second-order valence-corrected chi connectivity index (χ2v) is 4.50. The van der Waals surface area contributed by atoms with Gasteiger partial charge in [-0.3, -0.25) is 19.7 Å². The van der Waals surface area contributed by atoms with Gasteiger partial charge in [0.25, 0.3) is 5.91 Å². The van der Waals surface area contributed by atoms with Crippen molar-refractivity contribution in [1.82, 2.24) is 4.90 Å². The predicted octanol–water partition coefficient (Wildman–Crippen LogP) is 1.28. The molecule has 1 heterocycles. The lowest BCUT2D eigenvalue weighted by Crippen LogP contribution is -2.30. The Morgan fingerprint density at radius 1 is 1.45 bits per heavy atom. The maximum atomic E-state index is 13.2. The highest BCUT2D eigenvalue weighted by atomic mass is 19.1. The van der Waals surface area contributed by atoms with Gasteiger partial charge in [-0.05, 0) is 18.6 Å². The van der Waals surface area contributed by atoms with Gasteiger partial charge in [0.05, 0.1) is 10.8 Å². The van der Waals surface area contributed by atoms with Crippen molar-refractivity contribution in [3.05, 3.63) is 39.7 Å². The summed E-state index contributed by atoms with van der Waals surface area (Å²) in [6.07, 6.45) is 0.338. The number of carboxylic acids is 1. The minimum atomic E-state index is -1.02. The second kappa shape index (κ2) is 5.24. The molecular weight excluding hydrogens is 271 g/mol. The standard InChI is InChI=1S/C12H11FN2O5/c13-9-2-1-7(5-10(9)15(19)20)11(16)14-4-3-8(6-14)12(17)18/h1-2,5,8H,3-4,6H2,(H,17,18). The van der Waals surface area contributed by atoms with Crippen molar-refractivity contribution in [3.63, 3.8) is 0 Å². The summed E-state index contributed by atoms with van der Waals surface area (Å²) in [5.41, 5.74) is -0.797. The number of hydrogen-bond donors (Lipinski definition) is 1. The summed E-state index contributed by atoms with van der Waals surface area (Å²) < 4.78 is 13.2. The summed E-state index contributed by atoms with van der Waals surface area (Å²) in [4.78, 5) is 33.9. The average Bonchev–Trinajstić information content (AvgIpc) is 2.87. The van der Waals surface area contributed by atoms with Crippen LogP contribution in [0.5, 0.6) is 0 Å². The van der Waals surface area contributed by atoms with E-state index in [2.05, 4.69) is 0 Å². The fourth-order valence-electron chi connectivity index (χ4n) is 2.11. The Labute approximate surface area is 112 Å². The first kappa shape index (κ1) is 13.9. The van der Waals surface area contributed by atoms with Gasteiger partial charge in [0, 0.05) is 24.7 Å². The van der Waals surface area contributed by atoms with Crippen molar-refractivity contribution in [3.8, 4) is 0 Å². The van der Waals surface area contributed by atoms with Gasteiger partial charge in [-0.15, -0.1) is 0 Å². The molecule has 7 nitrogen and oxygen atoms in total. The second-order valence-electron chi connectivity index (χ2n) is 4.50. The van der Waals surface area contributed by atoms with Crippen LogP contribution >= 0.6 is 0 Å². The van der Waals surface area contributed by atoms with Gasteiger partial charge in [-0.1, -0.05) is 0 Å². The number of likely N-dealkylation sites (tertiary alicyclic amines) is 1. The van der Waals surface area contributed by atoms with Crippen molar-refractivity contribution >= 4 is 17.6 Å². The predicted molar refractivity (Wildman–Crippen MR) is 64.7 cm³/mol. The molecule has 1 N–H and O–H groups in total. The molecular formula is C12H11FN2O5. The summed E-state index contributed by atoms with van der Waals surface area (Å²) in [5.74, 6) is -3.16. The van der Waals surface area contributed by atoms with Crippen molar-refractivity contribution < 1.29 is 24.0 Å². The van der Waals surface area contributed by atoms with Crippen molar-refractivity contribution in [2.45, 2.75) is 6.42 Å². The van der Waals surface area contributed by atoms with Gasteiger partial charge >= 0.3 is 11.7 Å². The Kier molecular flexibility index (Phi) is 3.64. The van der Waals surface area contributed by atoms with Crippen LogP contribution in [0.3, 0.4) is 0 Å². The van der Waals surface area contributed by atoms with E-state index in [9.17, 15) is 24.1 Å². The number of nitro benzene ring substituents is 1. The maximum Gasteiger partial charge on any atom is 0.308 e. The lowest BCUT2D eigenvalue weighted by molar-refractivity contribution is -0.387. The molecule has 8 heteroatoms. The molecule has 0 spiro atoms. The molecule has 1 aromatic carbocycles. The van der Waals surface area contributed by atoms with Gasteiger partial charge in [0.2, 0.25) is 5.82 Å². The third kappa shape index (κ3) is 2.58. The number of nitrogens with zero attached hydrogens (tertiary/aromatic N) is 2. The lowest BCUT2D eigenvalue weighted by atomic mass is 10.1. The minimum absolute atomic E-state index is 0.0239. The Hall–Kier alpha value is -2.51. The summed E-state index contributed by atoms with van der Waals surface area (Å²) in [5, 5.41) is 19.5. The van der Waals surface area contributed by atoms with E-state index >= 15 is 0 Å². The fourth-order valence-corrected chi connectivity index (χ4v) is 2.11. The van der Waals surface area contributed by atoms with Crippen LogP contribution in [0.15, 0.2) is 18.2 Å². The van der Waals surface area contributed by atoms with Crippen LogP contribution in [-0.2, 0) is 4.79 Å². The van der Waals surface area contributed by atoms with Crippen molar-refractivity contribution in [1.29, 1.82) is 0 Å². The largest absolute Gasteiger partial charge is 0.481 e. The highest BCUT2D eigenvalue weighted by molar-refractivity contribution is 5.95. The van der Waals surface area contributed by atoms with Crippen LogP contribution in [0.25, 0.3) is 0 Å². The minimum Gasteiger partial charge on any atom is -0.481 e. The average molecular weight is 282 g/mol. The van der Waals surface area contributed by atoms with Crippen LogP contribution in [0.1, 0.15) is 16.8 Å². The van der Waals surface area contributed by atoms with Crippen molar-refractivity contribution in [2.24, 2.45) is 5.92 Å². The molecule has 1 atom stereocenters. The number of nitro groups is 1. The number of aliphatic carboxylic acids is 1. The first-order valence-electron chi connectivity index (χ1n) is 5.86. The van der Waals surface area contributed by atoms with Crippen LogP contribution < -0.4 is 0 Å². The Balaban J connectivity index is 2.20. The highest BCUT2D eigenvalue weighted by Gasteiger charge is 2.32. The molecule has 1 aromatic rings. The number of halogens is 1. The molecule has 1 aliphatic rings. The number of hydrogen-bond acceptors (Lipinski definition) is 4. The van der Waals surface area contributed by atoms with E-state index in [0.29, 0.717) is 6.42 Å². The smallest absolute Gasteiger partial charge is 0.308 e. The normalized spacial score (nSPS) is 18.1. The molecule has 0 aliphatic carbocycles. The molecule has 106 valence electrons. The summed E-state index contributed by atoms with van der Waals surface area (Å²) in [6, 6.07) is 2.88. The SMILES string of the molecule is O=C(O)C1CCN(C(=O)c2ccc(F)c([N+](=O)[O-])c2)C1. The quantitative estimate of drug-likeness (QED) is 0.664. The molecule has 0 aromatic heterocycles. The number of amides is 1. The topological polar surface area (TPSA) is 101 Å². The molecule has 2 rings (SSSR count). The number of rotatable bonds is 3. The van der Waals surface area contributed by atoms with Crippen LogP contribution in [0, 0.1) is 21.8 Å². The number of benzene rings is 1. The van der Waals surface area contributed by atoms with E-state index in [1.54, 1.807) is 0 Å². The van der Waals surface area contributed by atoms with Crippen LogP contribution in [0.2, 0.25) is 0 Å². The zero-order chi connectivity index (χ0) is 14.9. The van der Waals surface area contributed by atoms with Crippen molar-refractivity contribution in [2.75, 3.05) is 13.1 Å². The van der Waals surface area contributed by atoms with E-state index in [4.69, 9.17) is 5.11 Å². The van der Waals surface area contributed by atoms with Gasteiger partial charge < -0.3 is 10.0 Å². The van der Waals surface area contributed by atoms with Gasteiger partial charge in [-0.25, -0.2) is 0 Å². The Morgan fingerprint density at radius 2 is 2.15 bits per heavy atom. The van der Waals surface area contributed by atoms with Gasteiger partial charge in [0.15, 0.2) is 0 Å². The van der Waals surface area contributed by atoms with Crippen LogP contribution in [-0.4, -0.2) is 39.9 Å². The fraction of sp³-hybridized carbons (Fsp3) is 0.333. The number of carbonyl (C=O) groups is 2. The summed E-state index contributed by atoms with van der Waals surface area (Å²) in [7, 11) is 0.